The maximum atomic E-state index is 10.6. The number of nitro groups is 1. The number of hydrogen-bond acceptors (Lipinski definition) is 8. The molecule has 0 atom stereocenters. The summed E-state index contributed by atoms with van der Waals surface area (Å²) in [4.78, 5) is 17.7. The number of nitrogens with two attached hydrogens (primary N) is 2. The summed E-state index contributed by atoms with van der Waals surface area (Å²) in [5.74, 6) is 5.82. The summed E-state index contributed by atoms with van der Waals surface area (Å²) in [5.41, 5.74) is 7.56. The number of halogens is 1. The molecule has 9 nitrogen and oxygen atoms in total. The first-order valence-corrected chi connectivity index (χ1v) is 5.60. The van der Waals surface area contributed by atoms with Crippen LogP contribution in [0.2, 0.25) is 5.02 Å². The van der Waals surface area contributed by atoms with Crippen molar-refractivity contribution in [3.05, 3.63) is 39.4 Å². The van der Waals surface area contributed by atoms with Crippen LogP contribution in [0, 0.1) is 10.1 Å². The quantitative estimate of drug-likeness (QED) is 0.439. The van der Waals surface area contributed by atoms with Crippen LogP contribution in [0.25, 0.3) is 0 Å². The second-order valence-corrected chi connectivity index (χ2v) is 3.97. The molecule has 0 aliphatic carbocycles. The Kier molecular flexibility index (Phi) is 3.82. The van der Waals surface area contributed by atoms with Crippen LogP contribution in [-0.4, -0.2) is 14.9 Å². The van der Waals surface area contributed by atoms with Crippen LogP contribution in [0.15, 0.2) is 24.3 Å². The summed E-state index contributed by atoms with van der Waals surface area (Å²) in [5, 5.41) is 10.6. The third kappa shape index (κ3) is 3.02. The fraction of sp³-hybridized carbons (Fsp3) is 0. The summed E-state index contributed by atoms with van der Waals surface area (Å²) in [7, 11) is 0. The summed E-state index contributed by atoms with van der Waals surface area (Å²) >= 11 is 5.77. The topological polar surface area (TPSA) is 142 Å². The van der Waals surface area contributed by atoms with E-state index in [0.717, 1.165) is 0 Å². The van der Waals surface area contributed by atoms with E-state index < -0.39 is 4.92 Å². The van der Waals surface area contributed by atoms with E-state index in [1.165, 1.54) is 24.3 Å². The minimum atomic E-state index is -0.592. The Bertz CT molecular complexity index is 665. The first kappa shape index (κ1) is 13.8. The van der Waals surface area contributed by atoms with E-state index in [1.54, 1.807) is 0 Å². The van der Waals surface area contributed by atoms with Gasteiger partial charge in [-0.2, -0.15) is 9.97 Å². The molecule has 1 aromatic heterocycles. The van der Waals surface area contributed by atoms with Gasteiger partial charge in [0.05, 0.1) is 4.92 Å². The van der Waals surface area contributed by atoms with Gasteiger partial charge in [-0.1, -0.05) is 11.6 Å². The number of ether oxygens (including phenoxy) is 1. The van der Waals surface area contributed by atoms with Crippen LogP contribution in [0.3, 0.4) is 0 Å². The fourth-order valence-electron chi connectivity index (χ4n) is 1.39. The molecule has 0 saturated heterocycles. The number of nitro benzene ring substituents is 1. The van der Waals surface area contributed by atoms with Gasteiger partial charge in [-0.25, -0.2) is 5.84 Å². The van der Waals surface area contributed by atoms with Gasteiger partial charge in [0.15, 0.2) is 0 Å². The SMILES string of the molecule is NNc1cc(Oc2ccc([N+](=O)[O-])c(Cl)c2)nc(N)n1. The summed E-state index contributed by atoms with van der Waals surface area (Å²) in [6, 6.07) is 5.32. The number of aromatic nitrogens is 2. The summed E-state index contributed by atoms with van der Waals surface area (Å²) in [6.07, 6.45) is 0. The highest BCUT2D eigenvalue weighted by atomic mass is 35.5. The molecule has 10 heteroatoms. The highest BCUT2D eigenvalue weighted by molar-refractivity contribution is 6.32. The van der Waals surface area contributed by atoms with Crippen molar-refractivity contribution < 1.29 is 9.66 Å². The Morgan fingerprint density at radius 1 is 1.35 bits per heavy atom. The molecule has 2 aromatic rings. The van der Waals surface area contributed by atoms with Gasteiger partial charge < -0.3 is 15.9 Å². The number of nitrogens with one attached hydrogen (secondary N) is 1. The lowest BCUT2D eigenvalue weighted by Gasteiger charge is -2.07. The second-order valence-electron chi connectivity index (χ2n) is 3.57. The molecule has 1 aromatic carbocycles. The molecule has 0 radical (unpaired) electrons. The van der Waals surface area contributed by atoms with Crippen molar-refractivity contribution in [2.45, 2.75) is 0 Å². The molecule has 0 saturated carbocycles. The maximum Gasteiger partial charge on any atom is 0.288 e. The number of benzene rings is 1. The van der Waals surface area contributed by atoms with Crippen molar-refractivity contribution in [3.63, 3.8) is 0 Å². The zero-order valence-electron chi connectivity index (χ0n) is 9.91. The molecule has 1 heterocycles. The molecule has 0 spiro atoms. The molecule has 2 rings (SSSR count). The Morgan fingerprint density at radius 2 is 2.10 bits per heavy atom. The lowest BCUT2D eigenvalue weighted by molar-refractivity contribution is -0.384. The number of hydrogen-bond donors (Lipinski definition) is 3. The predicted molar refractivity (Wildman–Crippen MR) is 72.4 cm³/mol. The van der Waals surface area contributed by atoms with Crippen LogP contribution < -0.4 is 21.7 Å². The van der Waals surface area contributed by atoms with Gasteiger partial charge in [-0.05, 0) is 6.07 Å². The third-order valence-corrected chi connectivity index (χ3v) is 2.51. The predicted octanol–water partition coefficient (Wildman–Crippen LogP) is 1.70. The van der Waals surface area contributed by atoms with E-state index >= 15 is 0 Å². The van der Waals surface area contributed by atoms with E-state index in [1.807, 2.05) is 0 Å². The Balaban J connectivity index is 2.28. The molecular weight excluding hydrogens is 288 g/mol. The van der Waals surface area contributed by atoms with Gasteiger partial charge >= 0.3 is 0 Å². The first-order valence-electron chi connectivity index (χ1n) is 5.22. The molecular formula is C10H9ClN6O3. The minimum Gasteiger partial charge on any atom is -0.439 e. The molecule has 20 heavy (non-hydrogen) atoms. The third-order valence-electron chi connectivity index (χ3n) is 2.21. The van der Waals surface area contributed by atoms with E-state index in [0.29, 0.717) is 0 Å². The molecule has 0 aliphatic rings. The molecule has 0 bridgehead atoms. The second kappa shape index (κ2) is 5.55. The van der Waals surface area contributed by atoms with E-state index in [-0.39, 0.29) is 34.1 Å². The Labute approximate surface area is 117 Å². The molecule has 0 amide bonds. The van der Waals surface area contributed by atoms with E-state index in [2.05, 4.69) is 15.4 Å². The van der Waals surface area contributed by atoms with Crippen LogP contribution in [0.4, 0.5) is 17.5 Å². The van der Waals surface area contributed by atoms with Crippen molar-refractivity contribution in [3.8, 4) is 11.6 Å². The standard InChI is InChI=1S/C10H9ClN6O3/c11-6-3-5(1-2-7(6)17(18)19)20-9-4-8(16-13)14-10(12)15-9/h1-4H,13H2,(H3,12,14,15,16). The van der Waals surface area contributed by atoms with Crippen LogP contribution in [-0.2, 0) is 0 Å². The van der Waals surface area contributed by atoms with Gasteiger partial charge in [0.2, 0.25) is 11.8 Å². The van der Waals surface area contributed by atoms with Crippen LogP contribution in [0.1, 0.15) is 0 Å². The normalized spacial score (nSPS) is 10.1. The molecule has 0 aliphatic heterocycles. The van der Waals surface area contributed by atoms with Crippen LogP contribution in [0.5, 0.6) is 11.6 Å². The zero-order valence-corrected chi connectivity index (χ0v) is 10.7. The van der Waals surface area contributed by atoms with Crippen molar-refractivity contribution in [1.29, 1.82) is 0 Å². The van der Waals surface area contributed by atoms with Gasteiger partial charge in [-0.15, -0.1) is 0 Å². The number of hydrazine groups is 1. The number of nitrogens with zero attached hydrogens (tertiary/aromatic N) is 3. The molecule has 0 fully saturated rings. The highest BCUT2D eigenvalue weighted by Crippen LogP contribution is 2.30. The summed E-state index contributed by atoms with van der Waals surface area (Å²) in [6.45, 7) is 0. The van der Waals surface area contributed by atoms with E-state index in [4.69, 9.17) is 27.9 Å². The highest BCUT2D eigenvalue weighted by Gasteiger charge is 2.13. The van der Waals surface area contributed by atoms with Gasteiger partial charge in [0.1, 0.15) is 16.6 Å². The van der Waals surface area contributed by atoms with Crippen LogP contribution >= 0.6 is 11.6 Å². The number of anilines is 2. The van der Waals surface area contributed by atoms with Gasteiger partial charge in [0.25, 0.3) is 5.69 Å². The average Bonchev–Trinajstić information content (AvgIpc) is 2.37. The lowest BCUT2D eigenvalue weighted by atomic mass is 10.3. The Morgan fingerprint density at radius 3 is 2.70 bits per heavy atom. The van der Waals surface area contributed by atoms with Crippen molar-refractivity contribution >= 4 is 29.1 Å². The molecule has 0 unspecified atom stereocenters. The van der Waals surface area contributed by atoms with Gasteiger partial charge in [-0.3, -0.25) is 10.1 Å². The molecule has 5 N–H and O–H groups in total. The average molecular weight is 297 g/mol. The van der Waals surface area contributed by atoms with E-state index in [9.17, 15) is 10.1 Å². The maximum absolute atomic E-state index is 10.6. The number of rotatable bonds is 4. The summed E-state index contributed by atoms with van der Waals surface area (Å²) < 4.78 is 5.38. The smallest absolute Gasteiger partial charge is 0.288 e. The van der Waals surface area contributed by atoms with Crippen molar-refractivity contribution in [2.75, 3.05) is 11.2 Å². The fourth-order valence-corrected chi connectivity index (χ4v) is 1.63. The van der Waals surface area contributed by atoms with Crippen molar-refractivity contribution in [2.24, 2.45) is 5.84 Å². The molecule has 104 valence electrons. The lowest BCUT2D eigenvalue weighted by Crippen LogP contribution is -2.10. The Hall–Kier alpha value is -2.65. The van der Waals surface area contributed by atoms with Crippen molar-refractivity contribution in [1.82, 2.24) is 9.97 Å². The zero-order chi connectivity index (χ0) is 14.7. The minimum absolute atomic E-state index is 0.0385. The van der Waals surface area contributed by atoms with Gasteiger partial charge in [0, 0.05) is 18.2 Å². The monoisotopic (exact) mass is 296 g/mol. The largest absolute Gasteiger partial charge is 0.439 e. The number of nitrogen functional groups attached to an aromatic ring is 2. The first-order chi connectivity index (χ1) is 9.49.